The number of ether oxygens (including phenoxy) is 2. The third-order valence-corrected chi connectivity index (χ3v) is 1.65. The molecule has 3 nitrogen and oxygen atoms in total. The van der Waals surface area contributed by atoms with Crippen LogP contribution < -0.4 is 10.1 Å². The monoisotopic (exact) mass is 203 g/mol. The Kier molecular flexibility index (Phi) is 3.64. The fourth-order valence-electron chi connectivity index (χ4n) is 0.970. The molecule has 1 aromatic carbocycles. The highest BCUT2D eigenvalue weighted by Crippen LogP contribution is 2.24. The summed E-state index contributed by atoms with van der Waals surface area (Å²) >= 11 is 0. The molecule has 0 heterocycles. The second kappa shape index (κ2) is 4.76. The summed E-state index contributed by atoms with van der Waals surface area (Å²) < 4.78 is 35.5. The second-order valence-corrected chi connectivity index (χ2v) is 2.58. The zero-order valence-electron chi connectivity index (χ0n) is 7.93. The van der Waals surface area contributed by atoms with Crippen LogP contribution in [0.25, 0.3) is 0 Å². The SMILES string of the molecule is COCNc1cc(F)c(OC)cc1F. The normalized spacial score (nSPS) is 10.0. The van der Waals surface area contributed by atoms with E-state index in [1.807, 2.05) is 0 Å². The topological polar surface area (TPSA) is 30.5 Å². The molecule has 0 radical (unpaired) electrons. The quantitative estimate of drug-likeness (QED) is 0.759. The number of rotatable bonds is 4. The number of hydrogen-bond acceptors (Lipinski definition) is 3. The molecule has 0 fully saturated rings. The fraction of sp³-hybridized carbons (Fsp3) is 0.333. The summed E-state index contributed by atoms with van der Waals surface area (Å²) in [5, 5.41) is 2.56. The highest BCUT2D eigenvalue weighted by atomic mass is 19.1. The van der Waals surface area contributed by atoms with Crippen LogP contribution in [0.5, 0.6) is 5.75 Å². The van der Waals surface area contributed by atoms with E-state index in [4.69, 9.17) is 0 Å². The summed E-state index contributed by atoms with van der Waals surface area (Å²) in [6.07, 6.45) is 0. The molecule has 1 aromatic rings. The van der Waals surface area contributed by atoms with Crippen molar-refractivity contribution in [2.45, 2.75) is 0 Å². The Balaban J connectivity index is 2.90. The molecular weight excluding hydrogens is 192 g/mol. The first-order valence-electron chi connectivity index (χ1n) is 3.95. The molecule has 1 rings (SSSR count). The van der Waals surface area contributed by atoms with Gasteiger partial charge in [0.15, 0.2) is 11.6 Å². The average Bonchev–Trinajstić information content (AvgIpc) is 2.18. The molecule has 5 heteroatoms. The van der Waals surface area contributed by atoms with Crippen molar-refractivity contribution in [3.8, 4) is 5.75 Å². The summed E-state index contributed by atoms with van der Waals surface area (Å²) in [5.41, 5.74) is 0.0464. The molecule has 0 aliphatic heterocycles. The van der Waals surface area contributed by atoms with E-state index in [9.17, 15) is 8.78 Å². The molecule has 0 spiro atoms. The maximum Gasteiger partial charge on any atom is 0.167 e. The van der Waals surface area contributed by atoms with Crippen molar-refractivity contribution in [1.29, 1.82) is 0 Å². The predicted octanol–water partition coefficient (Wildman–Crippen LogP) is 1.99. The van der Waals surface area contributed by atoms with Gasteiger partial charge in [0.05, 0.1) is 12.8 Å². The van der Waals surface area contributed by atoms with Gasteiger partial charge < -0.3 is 14.8 Å². The van der Waals surface area contributed by atoms with E-state index in [1.54, 1.807) is 0 Å². The maximum absolute atomic E-state index is 13.2. The van der Waals surface area contributed by atoms with Crippen LogP contribution in [0.1, 0.15) is 0 Å². The van der Waals surface area contributed by atoms with Crippen molar-refractivity contribution < 1.29 is 18.3 Å². The van der Waals surface area contributed by atoms with E-state index in [0.29, 0.717) is 0 Å². The molecular formula is C9H11F2NO2. The average molecular weight is 203 g/mol. The van der Waals surface area contributed by atoms with Gasteiger partial charge in [0.25, 0.3) is 0 Å². The van der Waals surface area contributed by atoms with Crippen molar-refractivity contribution in [2.75, 3.05) is 26.3 Å². The molecule has 0 amide bonds. The zero-order valence-corrected chi connectivity index (χ0v) is 7.93. The molecule has 0 aliphatic rings. The molecule has 0 aromatic heterocycles. The highest BCUT2D eigenvalue weighted by Gasteiger charge is 2.09. The van der Waals surface area contributed by atoms with Crippen LogP contribution in [0.3, 0.4) is 0 Å². The van der Waals surface area contributed by atoms with Gasteiger partial charge in [-0.1, -0.05) is 0 Å². The van der Waals surface area contributed by atoms with Crippen molar-refractivity contribution >= 4 is 5.69 Å². The van der Waals surface area contributed by atoms with E-state index in [1.165, 1.54) is 14.2 Å². The fourth-order valence-corrected chi connectivity index (χ4v) is 0.970. The number of benzene rings is 1. The first-order valence-corrected chi connectivity index (χ1v) is 3.95. The van der Waals surface area contributed by atoms with Gasteiger partial charge in [-0.25, -0.2) is 8.78 Å². The Morgan fingerprint density at radius 2 is 1.93 bits per heavy atom. The molecule has 0 saturated heterocycles. The van der Waals surface area contributed by atoms with Crippen LogP contribution >= 0.6 is 0 Å². The van der Waals surface area contributed by atoms with Crippen molar-refractivity contribution in [2.24, 2.45) is 0 Å². The van der Waals surface area contributed by atoms with E-state index in [0.717, 1.165) is 12.1 Å². The second-order valence-electron chi connectivity index (χ2n) is 2.58. The maximum atomic E-state index is 13.2. The molecule has 1 N–H and O–H groups in total. The summed E-state index contributed by atoms with van der Waals surface area (Å²) in [4.78, 5) is 0. The number of halogens is 2. The lowest BCUT2D eigenvalue weighted by atomic mass is 10.2. The molecule has 0 bridgehead atoms. The van der Waals surface area contributed by atoms with E-state index in [-0.39, 0.29) is 18.2 Å². The molecule has 0 unspecified atom stereocenters. The molecule has 0 atom stereocenters. The number of anilines is 1. The van der Waals surface area contributed by atoms with Gasteiger partial charge in [-0.3, -0.25) is 0 Å². The molecule has 0 aliphatic carbocycles. The van der Waals surface area contributed by atoms with Gasteiger partial charge in [-0.05, 0) is 0 Å². The van der Waals surface area contributed by atoms with Gasteiger partial charge in [0.2, 0.25) is 0 Å². The molecule has 14 heavy (non-hydrogen) atoms. The Morgan fingerprint density at radius 1 is 1.21 bits per heavy atom. The van der Waals surface area contributed by atoms with Crippen LogP contribution in [-0.4, -0.2) is 21.0 Å². The Bertz CT molecular complexity index is 318. The zero-order chi connectivity index (χ0) is 10.6. The van der Waals surface area contributed by atoms with Crippen LogP contribution in [0.2, 0.25) is 0 Å². The van der Waals surface area contributed by atoms with Crippen molar-refractivity contribution in [1.82, 2.24) is 0 Å². The minimum Gasteiger partial charge on any atom is -0.494 e. The summed E-state index contributed by atoms with van der Waals surface area (Å²) in [6.45, 7) is 0.114. The number of methoxy groups -OCH3 is 2. The lowest BCUT2D eigenvalue weighted by Gasteiger charge is -2.08. The first kappa shape index (κ1) is 10.7. The third-order valence-electron chi connectivity index (χ3n) is 1.65. The van der Waals surface area contributed by atoms with Gasteiger partial charge >= 0.3 is 0 Å². The standard InChI is InChI=1S/C9H11F2NO2/c1-13-5-12-8-3-7(11)9(14-2)4-6(8)10/h3-4,12H,5H2,1-2H3. The van der Waals surface area contributed by atoms with E-state index < -0.39 is 11.6 Å². The van der Waals surface area contributed by atoms with Gasteiger partial charge in [0.1, 0.15) is 12.5 Å². The smallest absolute Gasteiger partial charge is 0.167 e. The minimum absolute atomic E-state index is 0.0464. The number of nitrogens with one attached hydrogen (secondary N) is 1. The third kappa shape index (κ3) is 2.32. The number of hydrogen-bond donors (Lipinski definition) is 1. The first-order chi connectivity index (χ1) is 6.69. The Hall–Kier alpha value is -1.36. The summed E-state index contributed by atoms with van der Waals surface area (Å²) in [5.74, 6) is -1.32. The highest BCUT2D eigenvalue weighted by molar-refractivity contribution is 5.48. The Morgan fingerprint density at radius 3 is 2.50 bits per heavy atom. The van der Waals surface area contributed by atoms with Gasteiger partial charge in [0, 0.05) is 19.2 Å². The van der Waals surface area contributed by atoms with Crippen molar-refractivity contribution in [3.63, 3.8) is 0 Å². The van der Waals surface area contributed by atoms with Crippen LogP contribution in [0, 0.1) is 11.6 Å². The molecule has 78 valence electrons. The van der Waals surface area contributed by atoms with Crippen LogP contribution in [0.15, 0.2) is 12.1 Å². The summed E-state index contributed by atoms with van der Waals surface area (Å²) in [7, 11) is 2.73. The van der Waals surface area contributed by atoms with E-state index in [2.05, 4.69) is 14.8 Å². The van der Waals surface area contributed by atoms with Crippen molar-refractivity contribution in [3.05, 3.63) is 23.8 Å². The summed E-state index contributed by atoms with van der Waals surface area (Å²) in [6, 6.07) is 2.00. The molecule has 0 saturated carbocycles. The lowest BCUT2D eigenvalue weighted by molar-refractivity contribution is 0.221. The van der Waals surface area contributed by atoms with Gasteiger partial charge in [-0.2, -0.15) is 0 Å². The largest absolute Gasteiger partial charge is 0.494 e. The van der Waals surface area contributed by atoms with Gasteiger partial charge in [-0.15, -0.1) is 0 Å². The lowest BCUT2D eigenvalue weighted by Crippen LogP contribution is -2.05. The van der Waals surface area contributed by atoms with E-state index >= 15 is 0 Å². The Labute approximate surface area is 80.6 Å². The minimum atomic E-state index is -0.618. The predicted molar refractivity (Wildman–Crippen MR) is 48.4 cm³/mol. The van der Waals surface area contributed by atoms with Crippen LogP contribution in [0.4, 0.5) is 14.5 Å². The van der Waals surface area contributed by atoms with Crippen LogP contribution in [-0.2, 0) is 4.74 Å².